The summed E-state index contributed by atoms with van der Waals surface area (Å²) in [5.41, 5.74) is 12.4. The summed E-state index contributed by atoms with van der Waals surface area (Å²) >= 11 is 0. The number of aromatic nitrogens is 3. The molecule has 0 aliphatic heterocycles. The van der Waals surface area contributed by atoms with E-state index in [1.165, 1.54) is 0 Å². The maximum Gasteiger partial charge on any atom is 0.149 e. The van der Waals surface area contributed by atoms with E-state index < -0.39 is 19.1 Å². The number of nitrogens with zero attached hydrogens (tertiary/aromatic N) is 3. The van der Waals surface area contributed by atoms with Crippen LogP contribution in [0.3, 0.4) is 0 Å². The Bertz CT molecular complexity index is 3500. The molecule has 9 rings (SSSR count). The first-order valence-corrected chi connectivity index (χ1v) is 22.7. The normalized spacial score (nSPS) is 14.0. The minimum absolute atomic E-state index is 0.0869. The fourth-order valence-corrected chi connectivity index (χ4v) is 8.82. The number of pyridine rings is 1. The van der Waals surface area contributed by atoms with Gasteiger partial charge in [-0.05, 0) is 146 Å². The van der Waals surface area contributed by atoms with Crippen molar-refractivity contribution in [1.82, 2.24) is 14.5 Å². The van der Waals surface area contributed by atoms with E-state index in [1.807, 2.05) is 126 Å². The summed E-state index contributed by atoms with van der Waals surface area (Å²) in [4.78, 5) is 10.4. The van der Waals surface area contributed by atoms with Gasteiger partial charge in [-0.2, -0.15) is 0 Å². The zero-order valence-corrected chi connectivity index (χ0v) is 39.4. The van der Waals surface area contributed by atoms with Crippen LogP contribution in [0, 0.1) is 13.7 Å². The van der Waals surface area contributed by atoms with Crippen LogP contribution in [0.1, 0.15) is 98.4 Å². The van der Waals surface area contributed by atoms with Crippen LogP contribution in [-0.4, -0.2) is 19.6 Å². The largest absolute Gasteiger partial charge is 0.507 e. The van der Waals surface area contributed by atoms with Gasteiger partial charge >= 0.3 is 0 Å². The fourth-order valence-electron chi connectivity index (χ4n) is 8.82. The molecule has 0 saturated heterocycles. The van der Waals surface area contributed by atoms with Crippen molar-refractivity contribution >= 4 is 11.0 Å². The molecule has 7 aromatic carbocycles. The lowest BCUT2D eigenvalue weighted by atomic mass is 9.79. The third-order valence-electron chi connectivity index (χ3n) is 12.7. The average molecular weight is 870 g/mol. The fraction of sp³-hybridized carbons (Fsp3) is 0.226. The topological polar surface area (TPSA) is 50.9 Å². The number of hydrogen-bond acceptors (Lipinski definition) is 3. The highest BCUT2D eigenvalue weighted by Crippen LogP contribution is 2.45. The van der Waals surface area contributed by atoms with Crippen molar-refractivity contribution in [3.05, 3.63) is 192 Å². The molecule has 0 spiro atoms. The Labute approximate surface area is 400 Å². The number of aryl methyl sites for hydroxylation is 2. The van der Waals surface area contributed by atoms with E-state index in [1.54, 1.807) is 18.3 Å². The molecule has 4 nitrogen and oxygen atoms in total. The summed E-state index contributed by atoms with van der Waals surface area (Å²) in [5, 5.41) is 12.5. The molecule has 0 bridgehead atoms. The monoisotopic (exact) mass is 870 g/mol. The summed E-state index contributed by atoms with van der Waals surface area (Å²) in [6.07, 6.45) is 1.73. The van der Waals surface area contributed by atoms with Gasteiger partial charge in [-0.1, -0.05) is 165 Å². The van der Waals surface area contributed by atoms with Crippen molar-refractivity contribution in [1.29, 1.82) is 0 Å². The van der Waals surface area contributed by atoms with E-state index in [-0.39, 0.29) is 27.7 Å². The first-order chi connectivity index (χ1) is 33.8. The number of phenolic OH excluding ortho intramolecular Hbond substituents is 1. The third-order valence-corrected chi connectivity index (χ3v) is 12.7. The van der Waals surface area contributed by atoms with Crippen molar-refractivity contribution in [3.63, 3.8) is 0 Å². The van der Waals surface area contributed by atoms with Gasteiger partial charge in [0.15, 0.2) is 0 Å². The summed E-state index contributed by atoms with van der Waals surface area (Å²) in [6.45, 7) is 14.3. The van der Waals surface area contributed by atoms with Crippen LogP contribution in [0.25, 0.3) is 83.9 Å². The van der Waals surface area contributed by atoms with E-state index in [4.69, 9.17) is 18.2 Å². The smallest absolute Gasteiger partial charge is 0.149 e. The van der Waals surface area contributed by atoms with Crippen LogP contribution in [-0.2, 0) is 16.2 Å². The molecule has 0 fully saturated rings. The highest BCUT2D eigenvalue weighted by molar-refractivity contribution is 5.97. The Morgan fingerprint density at radius 2 is 1.11 bits per heavy atom. The van der Waals surface area contributed by atoms with Crippen LogP contribution in [0.15, 0.2) is 164 Å². The molecule has 0 radical (unpaired) electrons. The molecule has 0 unspecified atom stereocenters. The first kappa shape index (κ1) is 37.2. The minimum Gasteiger partial charge on any atom is -0.507 e. The number of aromatic hydroxyl groups is 1. The van der Waals surface area contributed by atoms with E-state index >= 15 is 0 Å². The Balaban J connectivity index is 1.31. The number of phenols is 1. The Hall–Kier alpha value is -7.04. The summed E-state index contributed by atoms with van der Waals surface area (Å²) in [7, 11) is 0. The van der Waals surface area contributed by atoms with Crippen LogP contribution in [0.5, 0.6) is 5.75 Å². The third kappa shape index (κ3) is 8.49. The van der Waals surface area contributed by atoms with E-state index in [0.29, 0.717) is 39.4 Å². The van der Waals surface area contributed by atoms with E-state index in [0.717, 1.165) is 61.2 Å². The van der Waals surface area contributed by atoms with Gasteiger partial charge in [0.25, 0.3) is 0 Å². The number of imidazole rings is 1. The number of rotatable bonds is 7. The second-order valence-corrected chi connectivity index (χ2v) is 20.6. The van der Waals surface area contributed by atoms with Crippen molar-refractivity contribution < 1.29 is 13.3 Å². The zero-order valence-electron chi connectivity index (χ0n) is 45.4. The average Bonchev–Trinajstić information content (AvgIpc) is 3.72. The number of hydrogen-bond donors (Lipinski definition) is 1. The van der Waals surface area contributed by atoms with E-state index in [9.17, 15) is 5.11 Å². The van der Waals surface area contributed by atoms with Gasteiger partial charge < -0.3 is 5.11 Å². The van der Waals surface area contributed by atoms with Gasteiger partial charge in [0.05, 0.1) is 28.0 Å². The Morgan fingerprint density at radius 1 is 0.470 bits per heavy atom. The van der Waals surface area contributed by atoms with E-state index in [2.05, 4.69) is 86.6 Å². The van der Waals surface area contributed by atoms with Crippen molar-refractivity contribution in [2.45, 2.75) is 92.3 Å². The lowest BCUT2D eigenvalue weighted by molar-refractivity contribution is 0.446. The second kappa shape index (κ2) is 16.7. The summed E-state index contributed by atoms with van der Waals surface area (Å²) < 4.78 is 54.4. The van der Waals surface area contributed by atoms with Crippen LogP contribution in [0.4, 0.5) is 0 Å². The zero-order chi connectivity index (χ0) is 51.7. The standard InChI is InChI=1S/C62H61N3O/c1-39-25-26-44(42-21-16-13-17-22-42)35-51(39)45-29-30-63-54(36-45)47-32-46(33-48(34-47)60(3,4)5)50-23-18-24-56-57(50)64-59(52-37-49(61(6,7)8)38-53(58(52)66)62(9,10)11)65(56)55-28-27-43(31-40(55)2)41-19-14-12-15-20-41/h12-38,66H,1-11H3/i1D3,2D3. The highest BCUT2D eigenvalue weighted by atomic mass is 16.3. The van der Waals surface area contributed by atoms with Gasteiger partial charge in [0, 0.05) is 31.1 Å². The molecule has 0 aliphatic carbocycles. The quantitative estimate of drug-likeness (QED) is 0.174. The first-order valence-electron chi connectivity index (χ1n) is 25.7. The SMILES string of the molecule is [2H]C([2H])([2H])c1ccc(-c2ccccc2)cc1-c1ccnc(-c2cc(-c3cccc4c3nc(-c3cc(C(C)(C)C)cc(C(C)(C)C)c3O)n4-c3ccc(-c4ccccc4)cc3C([2H])([2H])[2H])cc(C(C)(C)C)c2)c1. The predicted molar refractivity (Wildman–Crippen MR) is 279 cm³/mol. The molecule has 330 valence electrons. The van der Waals surface area contributed by atoms with Crippen LogP contribution in [0.2, 0.25) is 0 Å². The molecule has 4 heteroatoms. The molecule has 0 amide bonds. The molecule has 66 heavy (non-hydrogen) atoms. The van der Waals surface area contributed by atoms with Crippen molar-refractivity contribution in [3.8, 4) is 78.6 Å². The number of para-hydroxylation sites is 1. The molecule has 2 heterocycles. The predicted octanol–water partition coefficient (Wildman–Crippen LogP) is 16.6. The Morgan fingerprint density at radius 3 is 1.76 bits per heavy atom. The van der Waals surface area contributed by atoms with Gasteiger partial charge in [0.1, 0.15) is 11.6 Å². The maximum absolute atomic E-state index is 12.5. The lowest BCUT2D eigenvalue weighted by Crippen LogP contribution is -2.17. The molecule has 2 aromatic heterocycles. The van der Waals surface area contributed by atoms with Crippen molar-refractivity contribution in [2.75, 3.05) is 0 Å². The molecule has 0 aliphatic rings. The Kier molecular flexibility index (Phi) is 9.44. The van der Waals surface area contributed by atoms with Crippen molar-refractivity contribution in [2.24, 2.45) is 0 Å². The van der Waals surface area contributed by atoms with Gasteiger partial charge in [-0.25, -0.2) is 4.98 Å². The summed E-state index contributed by atoms with van der Waals surface area (Å²) in [6, 6.07) is 51.0. The van der Waals surface area contributed by atoms with Crippen LogP contribution >= 0.6 is 0 Å². The number of benzene rings is 7. The maximum atomic E-state index is 12.5. The molecular weight excluding hydrogens is 803 g/mol. The molecule has 9 aromatic rings. The molecular formula is C62H61N3O. The van der Waals surface area contributed by atoms with Gasteiger partial charge in [0.2, 0.25) is 0 Å². The molecule has 1 N–H and O–H groups in total. The second-order valence-electron chi connectivity index (χ2n) is 20.6. The van der Waals surface area contributed by atoms with Gasteiger partial charge in [-0.15, -0.1) is 0 Å². The lowest BCUT2D eigenvalue weighted by Gasteiger charge is -2.27. The molecule has 0 saturated carbocycles. The summed E-state index contributed by atoms with van der Waals surface area (Å²) in [5.74, 6) is 0.498. The minimum atomic E-state index is -2.53. The molecule has 0 atom stereocenters. The number of fused-ring (bicyclic) bond motifs is 1. The van der Waals surface area contributed by atoms with Gasteiger partial charge in [-0.3, -0.25) is 9.55 Å². The highest BCUT2D eigenvalue weighted by Gasteiger charge is 2.29. The van der Waals surface area contributed by atoms with Crippen LogP contribution < -0.4 is 0 Å².